The van der Waals surface area contributed by atoms with Gasteiger partial charge in [-0.25, -0.2) is 0 Å². The minimum Gasteiger partial charge on any atom is -0.511 e. The van der Waals surface area contributed by atoms with Crippen molar-refractivity contribution >= 4 is 16.6 Å². The maximum absolute atomic E-state index is 13.1. The summed E-state index contributed by atoms with van der Waals surface area (Å²) >= 11 is 0. The molecule has 0 bridgehead atoms. The van der Waals surface area contributed by atoms with Crippen LogP contribution in [0.25, 0.3) is 22.0 Å². The van der Waals surface area contributed by atoms with Gasteiger partial charge in [0.05, 0.1) is 0 Å². The van der Waals surface area contributed by atoms with Crippen molar-refractivity contribution in [2.45, 2.75) is 86.0 Å². The van der Waals surface area contributed by atoms with Gasteiger partial charge in [0.2, 0.25) is 0 Å². The molecule has 1 N–H and O–H groups in total. The molecule has 4 heteroatoms. The van der Waals surface area contributed by atoms with Crippen molar-refractivity contribution < 1.29 is 30.0 Å². The average molecular weight is 689 g/mol. The minimum atomic E-state index is -0.204. The largest absolute Gasteiger partial charge is 0.511 e. The number of nitrogens with zero attached hydrogens (tertiary/aromatic N) is 1. The Bertz CT molecular complexity index is 1270. The number of ketones is 1. The van der Waals surface area contributed by atoms with E-state index in [-0.39, 0.29) is 36.7 Å². The van der Waals surface area contributed by atoms with Gasteiger partial charge >= 0.3 is 0 Å². The second-order valence-corrected chi connectivity index (χ2v) is 11.0. The molecule has 1 aromatic heterocycles. The van der Waals surface area contributed by atoms with Crippen molar-refractivity contribution in [2.24, 2.45) is 16.7 Å². The molecule has 2 aliphatic carbocycles. The number of aryl methyl sites for hydroxylation is 1. The molecule has 3 aromatic rings. The normalized spacial score (nSPS) is 19.7. The van der Waals surface area contributed by atoms with Crippen LogP contribution in [0.2, 0.25) is 0 Å². The molecule has 0 amide bonds. The van der Waals surface area contributed by atoms with E-state index in [2.05, 4.69) is 69.9 Å². The Labute approximate surface area is 242 Å². The third kappa shape index (κ3) is 5.54. The Morgan fingerprint density at radius 3 is 2.21 bits per heavy atom. The smallest absolute Gasteiger partial charge is 0.168 e. The van der Waals surface area contributed by atoms with Crippen molar-refractivity contribution in [1.82, 2.24) is 4.98 Å². The van der Waals surface area contributed by atoms with Gasteiger partial charge in [-0.3, -0.25) is 4.79 Å². The predicted octanol–water partition coefficient (Wildman–Crippen LogP) is 9.19. The van der Waals surface area contributed by atoms with Gasteiger partial charge in [-0.1, -0.05) is 52.0 Å². The molecule has 0 aliphatic heterocycles. The van der Waals surface area contributed by atoms with E-state index < -0.39 is 0 Å². The number of fused-ring (bicyclic) bond motifs is 2. The maximum Gasteiger partial charge on any atom is 0.168 e. The number of allylic oxidation sites excluding steroid dienone is 2. The van der Waals surface area contributed by atoms with Crippen LogP contribution in [0.4, 0.5) is 0 Å². The Hall–Kier alpha value is -2.29. The predicted molar refractivity (Wildman–Crippen MR) is 153 cm³/mol. The van der Waals surface area contributed by atoms with Gasteiger partial charge in [0.15, 0.2) is 5.78 Å². The van der Waals surface area contributed by atoms with E-state index in [9.17, 15) is 9.90 Å². The van der Waals surface area contributed by atoms with Crippen molar-refractivity contribution in [1.29, 1.82) is 0 Å². The molecule has 1 unspecified atom stereocenters. The second-order valence-electron chi connectivity index (χ2n) is 11.0. The first-order valence-electron chi connectivity index (χ1n) is 14.2. The summed E-state index contributed by atoms with van der Waals surface area (Å²) in [5.74, 6) is 1.04. The molecule has 1 fully saturated rings. The summed E-state index contributed by atoms with van der Waals surface area (Å²) < 4.78 is 0. The van der Waals surface area contributed by atoms with Gasteiger partial charge in [-0.05, 0) is 86.2 Å². The average Bonchev–Trinajstić information content (AvgIpc) is 2.95. The maximum atomic E-state index is 13.1. The Balaban J connectivity index is 0.000000207. The molecular formula is C34H42IrNO2-. The first-order chi connectivity index (χ1) is 17.8. The third-order valence-electron chi connectivity index (χ3n) is 9.51. The summed E-state index contributed by atoms with van der Waals surface area (Å²) in [6, 6.07) is 19.5. The van der Waals surface area contributed by atoms with Crippen LogP contribution < -0.4 is 0 Å². The van der Waals surface area contributed by atoms with Crippen molar-refractivity contribution in [3.8, 4) is 11.3 Å². The first kappa shape index (κ1) is 30.3. The van der Waals surface area contributed by atoms with E-state index in [1.165, 1.54) is 16.3 Å². The molecular weight excluding hydrogens is 647 g/mol. The van der Waals surface area contributed by atoms with Gasteiger partial charge in [0, 0.05) is 42.7 Å². The zero-order valence-electron chi connectivity index (χ0n) is 23.6. The molecule has 205 valence electrons. The van der Waals surface area contributed by atoms with Gasteiger partial charge < -0.3 is 10.1 Å². The molecule has 3 nitrogen and oxygen atoms in total. The van der Waals surface area contributed by atoms with Crippen LogP contribution in [-0.4, -0.2) is 15.9 Å². The minimum absolute atomic E-state index is 0. The summed E-state index contributed by atoms with van der Waals surface area (Å²) in [5, 5.41) is 13.3. The van der Waals surface area contributed by atoms with Gasteiger partial charge in [-0.15, -0.1) is 35.9 Å². The zero-order chi connectivity index (χ0) is 26.6. The molecule has 5 rings (SSSR count). The molecule has 0 spiro atoms. The summed E-state index contributed by atoms with van der Waals surface area (Å²) in [5.41, 5.74) is 3.78. The van der Waals surface area contributed by atoms with Gasteiger partial charge in [0.25, 0.3) is 0 Å². The van der Waals surface area contributed by atoms with Crippen LogP contribution in [0.15, 0.2) is 66.1 Å². The molecule has 1 saturated carbocycles. The fraction of sp³-hybridized carbons (Fsp3) is 0.471. The van der Waals surface area contributed by atoms with Gasteiger partial charge in [0.1, 0.15) is 5.76 Å². The van der Waals surface area contributed by atoms with E-state index in [4.69, 9.17) is 0 Å². The van der Waals surface area contributed by atoms with Crippen LogP contribution in [-0.2, 0) is 24.9 Å². The monoisotopic (exact) mass is 689 g/mol. The van der Waals surface area contributed by atoms with Crippen LogP contribution in [0.5, 0.6) is 0 Å². The molecule has 1 heterocycles. The van der Waals surface area contributed by atoms with E-state index in [0.717, 1.165) is 68.2 Å². The van der Waals surface area contributed by atoms with Crippen LogP contribution >= 0.6 is 0 Å². The number of rotatable bonds is 5. The number of aliphatic hydroxyl groups excluding tert-OH is 1. The standard InChI is InChI=1S/C18H30O2.C16H12N.Ir/c1-5-17(6-2)11-9-13-10-12-18(7-3,8-4)16(20)14(13)15(17)19;1-12-6-5-9-14-11-17-16(10-15(12)14)13-7-3-2-4-8-13;/h13,19H,5-12H2,1-4H3;2-7,9-11H,1H3;/q;-1;. The Kier molecular flexibility index (Phi) is 10.1. The molecule has 38 heavy (non-hydrogen) atoms. The number of hydrogen-bond donors (Lipinski definition) is 1. The number of aromatic nitrogens is 1. The number of carbonyl (C=O) groups excluding carboxylic acids is 1. The van der Waals surface area contributed by atoms with Crippen molar-refractivity contribution in [3.63, 3.8) is 0 Å². The van der Waals surface area contributed by atoms with E-state index in [0.29, 0.717) is 11.7 Å². The number of aliphatic hydroxyl groups is 1. The Morgan fingerprint density at radius 2 is 1.61 bits per heavy atom. The number of hydrogen-bond acceptors (Lipinski definition) is 3. The fourth-order valence-electron chi connectivity index (χ4n) is 6.51. The Morgan fingerprint density at radius 1 is 0.947 bits per heavy atom. The first-order valence-corrected chi connectivity index (χ1v) is 14.2. The van der Waals surface area contributed by atoms with Crippen LogP contribution in [0.3, 0.4) is 0 Å². The van der Waals surface area contributed by atoms with Crippen molar-refractivity contribution in [2.75, 3.05) is 0 Å². The molecule has 2 aliphatic rings. The number of benzene rings is 2. The summed E-state index contributed by atoms with van der Waals surface area (Å²) in [4.78, 5) is 17.5. The van der Waals surface area contributed by atoms with E-state index in [1.807, 2.05) is 30.5 Å². The molecule has 1 radical (unpaired) electrons. The van der Waals surface area contributed by atoms with E-state index in [1.54, 1.807) is 0 Å². The number of carbonyl (C=O) groups is 1. The molecule has 0 saturated heterocycles. The summed E-state index contributed by atoms with van der Waals surface area (Å²) in [6.07, 6.45) is 9.80. The number of Topliss-reactive ketones (excluding diaryl/α,β-unsaturated/α-hetero) is 1. The SMILES string of the molecule is CCC1(CC)CCC2CCC(CC)(CC)C(O)=C2C1=O.Cc1cccc2cnc(-c3[c-]cccc3)cc12.[Ir]. The molecule has 2 aromatic carbocycles. The third-order valence-corrected chi connectivity index (χ3v) is 9.51. The summed E-state index contributed by atoms with van der Waals surface area (Å²) in [6.45, 7) is 10.6. The molecule has 1 atom stereocenters. The van der Waals surface area contributed by atoms with Crippen LogP contribution in [0, 0.1) is 29.7 Å². The van der Waals surface area contributed by atoms with Crippen molar-refractivity contribution in [3.05, 3.63) is 77.7 Å². The zero-order valence-corrected chi connectivity index (χ0v) is 26.0. The fourth-order valence-corrected chi connectivity index (χ4v) is 6.51. The quantitative estimate of drug-likeness (QED) is 0.272. The topological polar surface area (TPSA) is 50.2 Å². The van der Waals surface area contributed by atoms with E-state index >= 15 is 0 Å². The van der Waals surface area contributed by atoms with Crippen LogP contribution in [0.1, 0.15) is 84.6 Å². The van der Waals surface area contributed by atoms with Gasteiger partial charge in [-0.2, -0.15) is 0 Å². The number of pyridine rings is 1. The second kappa shape index (κ2) is 12.7. The summed E-state index contributed by atoms with van der Waals surface area (Å²) in [7, 11) is 0.